The van der Waals surface area contributed by atoms with Gasteiger partial charge in [0, 0.05) is 12.2 Å². The third-order valence-electron chi connectivity index (χ3n) is 3.60. The van der Waals surface area contributed by atoms with Crippen LogP contribution in [0.15, 0.2) is 36.7 Å². The van der Waals surface area contributed by atoms with Gasteiger partial charge in [-0.3, -0.25) is 4.68 Å². The predicted octanol–water partition coefficient (Wildman–Crippen LogP) is 3.54. The molecule has 2 unspecified atom stereocenters. The molecule has 0 spiro atoms. The van der Waals surface area contributed by atoms with E-state index in [1.54, 1.807) is 0 Å². The van der Waals surface area contributed by atoms with Crippen molar-refractivity contribution >= 4 is 0 Å². The molecule has 0 radical (unpaired) electrons. The second kappa shape index (κ2) is 5.89. The second-order valence-corrected chi connectivity index (χ2v) is 5.08. The first-order valence-electron chi connectivity index (χ1n) is 6.77. The normalized spacial score (nSPS) is 15.0. The molecule has 6 heteroatoms. The van der Waals surface area contributed by atoms with E-state index in [0.29, 0.717) is 6.42 Å². The van der Waals surface area contributed by atoms with E-state index in [1.165, 1.54) is 4.68 Å². The largest absolute Gasteiger partial charge is 0.419 e. The summed E-state index contributed by atoms with van der Waals surface area (Å²) in [5.41, 5.74) is 7.24. The zero-order chi connectivity index (χ0) is 15.6. The van der Waals surface area contributed by atoms with Crippen LogP contribution < -0.4 is 5.73 Å². The summed E-state index contributed by atoms with van der Waals surface area (Å²) in [4.78, 5) is 0. The smallest absolute Gasteiger partial charge is 0.326 e. The van der Waals surface area contributed by atoms with E-state index in [4.69, 9.17) is 5.73 Å². The molecule has 2 atom stereocenters. The first-order chi connectivity index (χ1) is 9.84. The molecular formula is C15H18F3N3. The van der Waals surface area contributed by atoms with Gasteiger partial charge in [-0.1, -0.05) is 31.2 Å². The highest BCUT2D eigenvalue weighted by Gasteiger charge is 2.33. The lowest BCUT2D eigenvalue weighted by molar-refractivity contribution is -0.137. The third kappa shape index (κ3) is 3.26. The van der Waals surface area contributed by atoms with Gasteiger partial charge in [0.15, 0.2) is 0 Å². The van der Waals surface area contributed by atoms with Crippen LogP contribution in [0.4, 0.5) is 13.2 Å². The number of aryl methyl sites for hydroxylation is 1. The van der Waals surface area contributed by atoms with Crippen LogP contribution in [-0.4, -0.2) is 15.8 Å². The molecule has 2 rings (SSSR count). The van der Waals surface area contributed by atoms with Gasteiger partial charge in [0.2, 0.25) is 0 Å². The quantitative estimate of drug-likeness (QED) is 0.938. The molecular weight excluding hydrogens is 279 g/mol. The summed E-state index contributed by atoms with van der Waals surface area (Å²) in [6, 6.07) is 6.81. The molecule has 1 heterocycles. The van der Waals surface area contributed by atoms with Crippen LogP contribution in [-0.2, 0) is 6.18 Å². The van der Waals surface area contributed by atoms with Gasteiger partial charge in [0.05, 0.1) is 17.8 Å². The van der Waals surface area contributed by atoms with Crippen LogP contribution in [0.3, 0.4) is 0 Å². The lowest BCUT2D eigenvalue weighted by atomic mass is 9.94. The summed E-state index contributed by atoms with van der Waals surface area (Å²) >= 11 is 0. The first kappa shape index (κ1) is 15.6. The predicted molar refractivity (Wildman–Crippen MR) is 74.8 cm³/mol. The minimum Gasteiger partial charge on any atom is -0.326 e. The molecule has 2 aromatic rings. The fourth-order valence-corrected chi connectivity index (χ4v) is 2.35. The zero-order valence-corrected chi connectivity index (χ0v) is 11.9. The Labute approximate surface area is 121 Å². The van der Waals surface area contributed by atoms with Gasteiger partial charge in [-0.2, -0.15) is 18.3 Å². The number of halogens is 3. The van der Waals surface area contributed by atoms with Crippen molar-refractivity contribution in [2.24, 2.45) is 5.73 Å². The Kier molecular flexibility index (Phi) is 4.37. The van der Waals surface area contributed by atoms with Crippen molar-refractivity contribution in [1.29, 1.82) is 0 Å². The van der Waals surface area contributed by atoms with Crippen molar-refractivity contribution in [3.05, 3.63) is 53.3 Å². The van der Waals surface area contributed by atoms with Crippen molar-refractivity contribution in [3.63, 3.8) is 0 Å². The van der Waals surface area contributed by atoms with Crippen LogP contribution in [0.5, 0.6) is 0 Å². The van der Waals surface area contributed by atoms with Crippen molar-refractivity contribution in [2.45, 2.75) is 38.5 Å². The van der Waals surface area contributed by atoms with Gasteiger partial charge in [-0.05, 0) is 24.5 Å². The van der Waals surface area contributed by atoms with E-state index in [9.17, 15) is 13.2 Å². The molecule has 2 N–H and O–H groups in total. The Morgan fingerprint density at radius 1 is 1.29 bits per heavy atom. The number of aromatic nitrogens is 2. The molecule has 0 aliphatic heterocycles. The molecule has 1 aromatic carbocycles. The average Bonchev–Trinajstić information content (AvgIpc) is 2.90. The highest BCUT2D eigenvalue weighted by molar-refractivity contribution is 5.30. The highest BCUT2D eigenvalue weighted by atomic mass is 19.4. The first-order valence-corrected chi connectivity index (χ1v) is 6.77. The van der Waals surface area contributed by atoms with Crippen molar-refractivity contribution in [1.82, 2.24) is 9.78 Å². The maximum absolute atomic E-state index is 12.7. The number of hydrogen-bond donors (Lipinski definition) is 1. The van der Waals surface area contributed by atoms with E-state index in [1.807, 2.05) is 38.1 Å². The Balaban J connectivity index is 2.47. The standard InChI is InChI=1S/C15H18F3N3/c1-3-13(19)14(12-7-5-4-6-10(12)2)21-9-11(8-20-21)15(16,17)18/h4-9,13-14H,3,19H2,1-2H3. The SMILES string of the molecule is CCC(N)C(c1ccccc1C)n1cc(C(F)(F)F)cn1. The molecule has 0 saturated heterocycles. The van der Waals surface area contributed by atoms with Gasteiger partial charge < -0.3 is 5.73 Å². The van der Waals surface area contributed by atoms with E-state index < -0.39 is 17.8 Å². The van der Waals surface area contributed by atoms with Crippen LogP contribution >= 0.6 is 0 Å². The molecule has 114 valence electrons. The topological polar surface area (TPSA) is 43.8 Å². The summed E-state index contributed by atoms with van der Waals surface area (Å²) < 4.78 is 39.6. The van der Waals surface area contributed by atoms with Crippen molar-refractivity contribution < 1.29 is 13.2 Å². The number of benzene rings is 1. The minimum absolute atomic E-state index is 0.313. The molecule has 0 fully saturated rings. The van der Waals surface area contributed by atoms with Crippen LogP contribution in [0.1, 0.15) is 36.1 Å². The van der Waals surface area contributed by atoms with Crippen LogP contribution in [0.2, 0.25) is 0 Å². The molecule has 0 bridgehead atoms. The lowest BCUT2D eigenvalue weighted by Gasteiger charge is -2.25. The summed E-state index contributed by atoms with van der Waals surface area (Å²) in [7, 11) is 0. The average molecular weight is 297 g/mol. The van der Waals surface area contributed by atoms with Gasteiger partial charge >= 0.3 is 6.18 Å². The fraction of sp³-hybridized carbons (Fsp3) is 0.400. The Morgan fingerprint density at radius 3 is 2.48 bits per heavy atom. The number of rotatable bonds is 4. The van der Waals surface area contributed by atoms with Gasteiger partial charge in [-0.25, -0.2) is 0 Å². The lowest BCUT2D eigenvalue weighted by Crippen LogP contribution is -2.33. The van der Waals surface area contributed by atoms with E-state index >= 15 is 0 Å². The van der Waals surface area contributed by atoms with E-state index in [2.05, 4.69) is 5.10 Å². The maximum atomic E-state index is 12.7. The monoisotopic (exact) mass is 297 g/mol. The minimum atomic E-state index is -4.40. The maximum Gasteiger partial charge on any atom is 0.419 e. The number of hydrogen-bond acceptors (Lipinski definition) is 2. The Hall–Kier alpha value is -1.82. The van der Waals surface area contributed by atoms with Gasteiger partial charge in [0.1, 0.15) is 0 Å². The Bertz CT molecular complexity index is 604. The summed E-state index contributed by atoms with van der Waals surface area (Å²) in [5.74, 6) is 0. The summed E-state index contributed by atoms with van der Waals surface area (Å²) in [5, 5.41) is 3.89. The summed E-state index contributed by atoms with van der Waals surface area (Å²) in [6.45, 7) is 3.82. The van der Waals surface area contributed by atoms with Crippen LogP contribution in [0, 0.1) is 6.92 Å². The van der Waals surface area contributed by atoms with Gasteiger partial charge in [0.25, 0.3) is 0 Å². The highest BCUT2D eigenvalue weighted by Crippen LogP contribution is 2.31. The van der Waals surface area contributed by atoms with Crippen LogP contribution in [0.25, 0.3) is 0 Å². The molecule has 0 aliphatic rings. The van der Waals surface area contributed by atoms with Crippen molar-refractivity contribution in [2.75, 3.05) is 0 Å². The fourth-order valence-electron chi connectivity index (χ4n) is 2.35. The van der Waals surface area contributed by atoms with E-state index in [0.717, 1.165) is 23.5 Å². The molecule has 0 amide bonds. The molecule has 3 nitrogen and oxygen atoms in total. The molecule has 0 aliphatic carbocycles. The number of nitrogens with two attached hydrogens (primary N) is 1. The number of alkyl halides is 3. The van der Waals surface area contributed by atoms with E-state index in [-0.39, 0.29) is 6.04 Å². The molecule has 0 saturated carbocycles. The Morgan fingerprint density at radius 2 is 1.95 bits per heavy atom. The van der Waals surface area contributed by atoms with Crippen molar-refractivity contribution in [3.8, 4) is 0 Å². The second-order valence-electron chi connectivity index (χ2n) is 5.08. The third-order valence-corrected chi connectivity index (χ3v) is 3.60. The number of nitrogens with zero attached hydrogens (tertiary/aromatic N) is 2. The van der Waals surface area contributed by atoms with Gasteiger partial charge in [-0.15, -0.1) is 0 Å². The zero-order valence-electron chi connectivity index (χ0n) is 11.9. The molecule has 1 aromatic heterocycles. The summed E-state index contributed by atoms with van der Waals surface area (Å²) in [6.07, 6.45) is -1.90. The molecule has 21 heavy (non-hydrogen) atoms.